The molecular weight excluding hydrogens is 568 g/mol. The maximum atomic E-state index is 11.7. The number of carboxylic acid groups (broad SMARTS) is 2. The third kappa shape index (κ3) is 42.9. The molecule has 0 amide bonds. The molecule has 0 aromatic carbocycles. The lowest BCUT2D eigenvalue weighted by atomic mass is 9.94. The summed E-state index contributed by atoms with van der Waals surface area (Å²) in [6, 6.07) is 0. The molecule has 4 nitrogen and oxygen atoms in total. The average Bonchev–Trinajstić information content (AvgIpc) is 3.05. The van der Waals surface area contributed by atoms with Crippen molar-refractivity contribution in [3.05, 3.63) is 0 Å². The first-order chi connectivity index (χ1) is 22.5. The molecule has 0 rings (SSSR count). The van der Waals surface area contributed by atoms with E-state index in [9.17, 15) is 14.7 Å². The molecule has 0 spiro atoms. The van der Waals surface area contributed by atoms with Gasteiger partial charge < -0.3 is 10.2 Å². The third-order valence-corrected chi connectivity index (χ3v) is 9.71. The van der Waals surface area contributed by atoms with E-state index in [1.165, 1.54) is 199 Å². The minimum absolute atomic E-state index is 0.0991. The van der Waals surface area contributed by atoms with Gasteiger partial charge in [-0.2, -0.15) is 0 Å². The molecule has 0 aliphatic rings. The minimum Gasteiger partial charge on any atom is -0.481 e. The smallest absolute Gasteiger partial charge is 0.306 e. The number of hydrogen-bond acceptors (Lipinski definition) is 2. The Kier molecular flexibility index (Phi) is 42.9. The van der Waals surface area contributed by atoms with E-state index in [0.29, 0.717) is 0 Å². The van der Waals surface area contributed by atoms with Gasteiger partial charge in [0.2, 0.25) is 0 Å². The molecule has 0 fully saturated rings. The van der Waals surface area contributed by atoms with Gasteiger partial charge in [-0.3, -0.25) is 9.59 Å². The van der Waals surface area contributed by atoms with Crippen LogP contribution >= 0.6 is 0 Å². The van der Waals surface area contributed by atoms with E-state index in [1.807, 2.05) is 0 Å². The fourth-order valence-corrected chi connectivity index (χ4v) is 6.45. The zero-order chi connectivity index (χ0) is 34.2. The predicted octanol–water partition coefficient (Wildman–Crippen LogP) is 14.9. The first-order valence-electron chi connectivity index (χ1n) is 20.9. The Morgan fingerprint density at radius 1 is 0.348 bits per heavy atom. The number of carbonyl (C=O) groups is 2. The summed E-state index contributed by atoms with van der Waals surface area (Å²) in [5.74, 6) is -1.40. The Balaban J connectivity index is 0. The fourth-order valence-electron chi connectivity index (χ4n) is 6.45. The Bertz CT molecular complexity index is 590. The van der Waals surface area contributed by atoms with E-state index in [4.69, 9.17) is 5.11 Å². The van der Waals surface area contributed by atoms with Crippen molar-refractivity contribution in [3.63, 3.8) is 0 Å². The lowest BCUT2D eigenvalue weighted by Crippen LogP contribution is -2.13. The fraction of sp³-hybridized carbons (Fsp3) is 0.952. The van der Waals surface area contributed by atoms with Gasteiger partial charge in [0.25, 0.3) is 0 Å². The van der Waals surface area contributed by atoms with Crippen LogP contribution in [0.2, 0.25) is 0 Å². The molecule has 0 aliphatic carbocycles. The Hall–Kier alpha value is -1.06. The first kappa shape index (κ1) is 47.1. The molecule has 0 aromatic heterocycles. The maximum Gasteiger partial charge on any atom is 0.306 e. The van der Waals surface area contributed by atoms with Crippen molar-refractivity contribution >= 4 is 11.9 Å². The summed E-state index contributed by atoms with van der Waals surface area (Å²) >= 11 is 0. The number of rotatable bonds is 37. The van der Waals surface area contributed by atoms with Crippen molar-refractivity contribution in [1.82, 2.24) is 0 Å². The summed E-state index contributed by atoms with van der Waals surface area (Å²) in [5, 5.41) is 17.4. The largest absolute Gasteiger partial charge is 0.481 e. The standard InChI is InChI=1S/C39H78O2.C3H6O2/c1-3-5-7-9-11-13-15-17-19-21-23-25-27-29-31-33-35-37-38(39(40)41)36-34-32-30-28-26-24-22-20-18-16-14-12-10-8-6-4-2;1-2-3(4)5/h38H,3-37H2,1-2H3,(H,40,41);2H2,1H3,(H,4,5). The quantitative estimate of drug-likeness (QED) is 0.0655. The Labute approximate surface area is 289 Å². The number of aliphatic carboxylic acids is 2. The zero-order valence-electron chi connectivity index (χ0n) is 31.7. The topological polar surface area (TPSA) is 74.6 Å². The molecule has 1 unspecified atom stereocenters. The molecule has 0 radical (unpaired) electrons. The molecule has 0 bridgehead atoms. The van der Waals surface area contributed by atoms with Crippen molar-refractivity contribution in [1.29, 1.82) is 0 Å². The SMILES string of the molecule is CCC(=O)O.CCCCCCCCCCCCCCCCCCCC(CCCCCCCCCCCCCCCCCC)C(=O)O. The van der Waals surface area contributed by atoms with E-state index in [2.05, 4.69) is 13.8 Å². The van der Waals surface area contributed by atoms with E-state index in [1.54, 1.807) is 6.92 Å². The van der Waals surface area contributed by atoms with Gasteiger partial charge in [0.1, 0.15) is 0 Å². The molecular formula is C42H84O4. The molecule has 0 saturated heterocycles. The highest BCUT2D eigenvalue weighted by Crippen LogP contribution is 2.21. The highest BCUT2D eigenvalue weighted by atomic mass is 16.4. The van der Waals surface area contributed by atoms with Gasteiger partial charge in [-0.15, -0.1) is 0 Å². The highest BCUT2D eigenvalue weighted by molar-refractivity contribution is 5.69. The van der Waals surface area contributed by atoms with Gasteiger partial charge in [0, 0.05) is 6.42 Å². The predicted molar refractivity (Wildman–Crippen MR) is 202 cm³/mol. The zero-order valence-corrected chi connectivity index (χ0v) is 31.7. The molecule has 0 aromatic rings. The van der Waals surface area contributed by atoms with Crippen LogP contribution in [0.3, 0.4) is 0 Å². The van der Waals surface area contributed by atoms with Gasteiger partial charge in [-0.05, 0) is 12.8 Å². The molecule has 0 aliphatic heterocycles. The van der Waals surface area contributed by atoms with Crippen LogP contribution in [0.5, 0.6) is 0 Å². The number of unbranched alkanes of at least 4 members (excludes halogenated alkanes) is 31. The van der Waals surface area contributed by atoms with Crippen molar-refractivity contribution in [2.24, 2.45) is 5.92 Å². The molecule has 0 saturated carbocycles. The summed E-state index contributed by atoms with van der Waals surface area (Å²) in [4.78, 5) is 21.1. The average molecular weight is 653 g/mol. The monoisotopic (exact) mass is 653 g/mol. The Morgan fingerprint density at radius 3 is 0.674 bits per heavy atom. The van der Waals surface area contributed by atoms with E-state index >= 15 is 0 Å². The summed E-state index contributed by atoms with van der Waals surface area (Å²) in [6.07, 6.45) is 47.5. The highest BCUT2D eigenvalue weighted by Gasteiger charge is 2.16. The van der Waals surface area contributed by atoms with E-state index in [-0.39, 0.29) is 12.3 Å². The van der Waals surface area contributed by atoms with Crippen LogP contribution in [0.1, 0.15) is 252 Å². The third-order valence-electron chi connectivity index (χ3n) is 9.71. The van der Waals surface area contributed by atoms with Gasteiger partial charge >= 0.3 is 11.9 Å². The molecule has 0 heterocycles. The van der Waals surface area contributed by atoms with Crippen LogP contribution < -0.4 is 0 Å². The van der Waals surface area contributed by atoms with Gasteiger partial charge in [-0.1, -0.05) is 233 Å². The van der Waals surface area contributed by atoms with Crippen molar-refractivity contribution in [2.45, 2.75) is 252 Å². The molecule has 46 heavy (non-hydrogen) atoms. The summed E-state index contributed by atoms with van der Waals surface area (Å²) in [7, 11) is 0. The van der Waals surface area contributed by atoms with Crippen LogP contribution in [0.25, 0.3) is 0 Å². The molecule has 1 atom stereocenters. The summed E-state index contributed by atoms with van der Waals surface area (Å²) in [5.41, 5.74) is 0. The maximum absolute atomic E-state index is 11.7. The van der Waals surface area contributed by atoms with Gasteiger partial charge in [0.05, 0.1) is 5.92 Å². The van der Waals surface area contributed by atoms with Crippen molar-refractivity contribution in [3.8, 4) is 0 Å². The number of hydrogen-bond donors (Lipinski definition) is 2. The van der Waals surface area contributed by atoms with Crippen LogP contribution in [-0.4, -0.2) is 22.2 Å². The first-order valence-corrected chi connectivity index (χ1v) is 20.9. The van der Waals surface area contributed by atoms with Gasteiger partial charge in [0.15, 0.2) is 0 Å². The second kappa shape index (κ2) is 42.0. The number of carboxylic acids is 2. The van der Waals surface area contributed by atoms with Crippen LogP contribution in [-0.2, 0) is 9.59 Å². The van der Waals surface area contributed by atoms with Crippen molar-refractivity contribution in [2.75, 3.05) is 0 Å². The van der Waals surface area contributed by atoms with Crippen LogP contribution in [0, 0.1) is 5.92 Å². The second-order valence-electron chi connectivity index (χ2n) is 14.3. The minimum atomic E-state index is -0.745. The lowest BCUT2D eigenvalue weighted by Gasteiger charge is -2.12. The molecule has 276 valence electrons. The molecule has 4 heteroatoms. The van der Waals surface area contributed by atoms with Crippen LogP contribution in [0.4, 0.5) is 0 Å². The van der Waals surface area contributed by atoms with E-state index in [0.717, 1.165) is 25.7 Å². The lowest BCUT2D eigenvalue weighted by molar-refractivity contribution is -0.142. The summed E-state index contributed by atoms with van der Waals surface area (Å²) in [6.45, 7) is 6.18. The van der Waals surface area contributed by atoms with E-state index < -0.39 is 11.9 Å². The Morgan fingerprint density at radius 2 is 0.522 bits per heavy atom. The molecule has 2 N–H and O–H groups in total. The van der Waals surface area contributed by atoms with Crippen molar-refractivity contribution < 1.29 is 19.8 Å². The normalized spacial score (nSPS) is 11.7. The van der Waals surface area contributed by atoms with Crippen LogP contribution in [0.15, 0.2) is 0 Å². The van der Waals surface area contributed by atoms with Gasteiger partial charge in [-0.25, -0.2) is 0 Å². The second-order valence-corrected chi connectivity index (χ2v) is 14.3. The summed E-state index contributed by atoms with van der Waals surface area (Å²) < 4.78 is 0.